The van der Waals surface area contributed by atoms with Gasteiger partial charge in [-0.05, 0) is 61.5 Å². The fourth-order valence-electron chi connectivity index (χ4n) is 6.53. The molecule has 32 heavy (non-hydrogen) atoms. The van der Waals surface area contributed by atoms with E-state index in [1.54, 1.807) is 6.07 Å². The van der Waals surface area contributed by atoms with Crippen LogP contribution in [0.15, 0.2) is 18.2 Å². The minimum absolute atomic E-state index is 0.139. The van der Waals surface area contributed by atoms with Gasteiger partial charge in [-0.25, -0.2) is 0 Å². The van der Waals surface area contributed by atoms with Crippen molar-refractivity contribution < 1.29 is 19.2 Å². The van der Waals surface area contributed by atoms with Crippen LogP contribution in [0.25, 0.3) is 0 Å². The number of fused-ring (bicyclic) bond motifs is 1. The number of carbonyl (C=O) groups is 4. The van der Waals surface area contributed by atoms with Gasteiger partial charge in [0.2, 0.25) is 11.8 Å². The number of rotatable bonds is 5. The molecule has 1 atom stereocenters. The molecular formula is C26H32N2O4. The summed E-state index contributed by atoms with van der Waals surface area (Å²) in [6.45, 7) is 0. The van der Waals surface area contributed by atoms with E-state index in [4.69, 9.17) is 0 Å². The van der Waals surface area contributed by atoms with Gasteiger partial charge in [-0.15, -0.1) is 0 Å². The zero-order chi connectivity index (χ0) is 22.2. The van der Waals surface area contributed by atoms with Crippen LogP contribution in [0.5, 0.6) is 0 Å². The summed E-state index contributed by atoms with van der Waals surface area (Å²) in [5, 5.41) is 2.26. The lowest BCUT2D eigenvalue weighted by molar-refractivity contribution is -0.136. The number of hydrogen-bond donors (Lipinski definition) is 1. The van der Waals surface area contributed by atoms with E-state index in [2.05, 4.69) is 5.32 Å². The van der Waals surface area contributed by atoms with Crippen molar-refractivity contribution in [1.82, 2.24) is 10.2 Å². The smallest absolute Gasteiger partial charge is 0.262 e. The zero-order valence-electron chi connectivity index (χ0n) is 18.6. The van der Waals surface area contributed by atoms with Gasteiger partial charge in [0, 0.05) is 6.42 Å². The molecule has 170 valence electrons. The summed E-state index contributed by atoms with van der Waals surface area (Å²) >= 11 is 0. The third-order valence-corrected chi connectivity index (χ3v) is 8.33. The van der Waals surface area contributed by atoms with Crippen molar-refractivity contribution in [2.24, 2.45) is 17.8 Å². The molecular weight excluding hydrogens is 404 g/mol. The molecule has 2 aliphatic carbocycles. The first-order valence-electron chi connectivity index (χ1n) is 12.4. The van der Waals surface area contributed by atoms with Crippen molar-refractivity contribution >= 4 is 23.6 Å². The second-order valence-corrected chi connectivity index (χ2v) is 10.2. The molecule has 4 aliphatic rings. The van der Waals surface area contributed by atoms with Crippen molar-refractivity contribution in [2.75, 3.05) is 0 Å². The van der Waals surface area contributed by atoms with Crippen molar-refractivity contribution in [3.63, 3.8) is 0 Å². The molecule has 2 heterocycles. The first-order valence-corrected chi connectivity index (χ1v) is 12.4. The summed E-state index contributed by atoms with van der Waals surface area (Å²) in [6, 6.07) is 4.56. The van der Waals surface area contributed by atoms with Gasteiger partial charge in [-0.2, -0.15) is 0 Å². The predicted octanol–water partition coefficient (Wildman–Crippen LogP) is 4.02. The number of piperidine rings is 1. The van der Waals surface area contributed by atoms with E-state index in [1.807, 2.05) is 12.1 Å². The Hall–Kier alpha value is -2.50. The summed E-state index contributed by atoms with van der Waals surface area (Å²) in [7, 11) is 0. The number of carbonyl (C=O) groups excluding carboxylic acids is 4. The van der Waals surface area contributed by atoms with Crippen LogP contribution in [0.1, 0.15) is 96.9 Å². The molecule has 1 N–H and O–H groups in total. The highest BCUT2D eigenvalue weighted by Gasteiger charge is 2.45. The van der Waals surface area contributed by atoms with Crippen molar-refractivity contribution in [3.05, 3.63) is 34.9 Å². The second-order valence-electron chi connectivity index (χ2n) is 10.2. The minimum Gasteiger partial charge on any atom is -0.295 e. The molecule has 1 aromatic rings. The molecule has 0 spiro atoms. The summed E-state index contributed by atoms with van der Waals surface area (Å²) in [5.41, 5.74) is 1.76. The topological polar surface area (TPSA) is 83.6 Å². The third-order valence-electron chi connectivity index (χ3n) is 8.33. The maximum absolute atomic E-state index is 13.2. The Labute approximate surface area is 189 Å². The normalized spacial score (nSPS) is 28.9. The number of aryl methyl sites for hydroxylation is 1. The Kier molecular flexibility index (Phi) is 5.87. The van der Waals surface area contributed by atoms with Gasteiger partial charge >= 0.3 is 0 Å². The molecule has 0 bridgehead atoms. The average Bonchev–Trinajstić information content (AvgIpc) is 3.41. The average molecular weight is 437 g/mol. The number of amides is 4. The quantitative estimate of drug-likeness (QED) is 0.707. The highest BCUT2D eigenvalue weighted by Crippen LogP contribution is 2.42. The van der Waals surface area contributed by atoms with Crippen molar-refractivity contribution in [1.29, 1.82) is 0 Å². The molecule has 0 aromatic heterocycles. The van der Waals surface area contributed by atoms with Gasteiger partial charge in [0.1, 0.15) is 6.04 Å². The van der Waals surface area contributed by atoms with Crippen LogP contribution < -0.4 is 5.32 Å². The lowest BCUT2D eigenvalue weighted by Gasteiger charge is -2.32. The predicted molar refractivity (Wildman–Crippen MR) is 119 cm³/mol. The molecule has 4 amide bonds. The standard InChI is InChI=1S/C26H32N2O4/c29-22-15-14-21(24(30)27-22)28-25(31)20-7-3-6-19(23(20)26(28)32)13-10-16-8-11-18(12-9-16)17-4-1-2-5-17/h3,6-7,16-18,21H,1-2,4-5,8-15H2,(H,27,29,30). The minimum atomic E-state index is -0.904. The number of nitrogens with one attached hydrogen (secondary N) is 1. The Morgan fingerprint density at radius 3 is 2.28 bits per heavy atom. The van der Waals surface area contributed by atoms with E-state index >= 15 is 0 Å². The largest absolute Gasteiger partial charge is 0.295 e. The molecule has 2 aliphatic heterocycles. The van der Waals surface area contributed by atoms with Gasteiger partial charge in [0.05, 0.1) is 11.1 Å². The summed E-state index contributed by atoms with van der Waals surface area (Å²) < 4.78 is 0. The molecule has 1 aromatic carbocycles. The third kappa shape index (κ3) is 3.89. The molecule has 5 rings (SSSR count). The van der Waals surface area contributed by atoms with Gasteiger partial charge in [0.15, 0.2) is 0 Å². The Morgan fingerprint density at radius 2 is 1.56 bits per heavy atom. The van der Waals surface area contributed by atoms with E-state index in [1.165, 1.54) is 51.4 Å². The molecule has 6 nitrogen and oxygen atoms in total. The van der Waals surface area contributed by atoms with Crippen LogP contribution in [0.3, 0.4) is 0 Å². The monoisotopic (exact) mass is 436 g/mol. The van der Waals surface area contributed by atoms with E-state index in [0.29, 0.717) is 17.0 Å². The highest BCUT2D eigenvalue weighted by atomic mass is 16.2. The van der Waals surface area contributed by atoms with Crippen LogP contribution >= 0.6 is 0 Å². The van der Waals surface area contributed by atoms with Crippen LogP contribution in [-0.4, -0.2) is 34.6 Å². The van der Waals surface area contributed by atoms with Gasteiger partial charge in [0.25, 0.3) is 11.8 Å². The summed E-state index contributed by atoms with van der Waals surface area (Å²) in [6.07, 6.45) is 13.0. The SMILES string of the molecule is O=C1CCC(N2C(=O)c3cccc(CCC4CCC(C5CCCC5)CC4)c3C2=O)C(=O)N1. The first-order chi connectivity index (χ1) is 15.5. The fourth-order valence-corrected chi connectivity index (χ4v) is 6.53. The zero-order valence-corrected chi connectivity index (χ0v) is 18.6. The maximum atomic E-state index is 13.2. The second kappa shape index (κ2) is 8.80. The van der Waals surface area contributed by atoms with Crippen LogP contribution in [0, 0.1) is 17.8 Å². The van der Waals surface area contributed by atoms with Gasteiger partial charge < -0.3 is 0 Å². The highest BCUT2D eigenvalue weighted by molar-refractivity contribution is 6.24. The Balaban J connectivity index is 1.24. The molecule has 1 saturated heterocycles. The molecule has 1 unspecified atom stereocenters. The molecule has 3 fully saturated rings. The van der Waals surface area contributed by atoms with Crippen LogP contribution in [-0.2, 0) is 16.0 Å². The number of benzene rings is 1. The lowest BCUT2D eigenvalue weighted by atomic mass is 9.74. The van der Waals surface area contributed by atoms with E-state index in [-0.39, 0.29) is 24.7 Å². The lowest BCUT2D eigenvalue weighted by Crippen LogP contribution is -2.54. The Morgan fingerprint density at radius 1 is 0.844 bits per heavy atom. The van der Waals surface area contributed by atoms with E-state index < -0.39 is 17.9 Å². The van der Waals surface area contributed by atoms with Crippen molar-refractivity contribution in [2.45, 2.75) is 83.1 Å². The van der Waals surface area contributed by atoms with Crippen LogP contribution in [0.4, 0.5) is 0 Å². The van der Waals surface area contributed by atoms with Gasteiger partial charge in [-0.1, -0.05) is 50.7 Å². The number of imide groups is 2. The maximum Gasteiger partial charge on any atom is 0.262 e. The van der Waals surface area contributed by atoms with E-state index in [9.17, 15) is 19.2 Å². The summed E-state index contributed by atoms with van der Waals surface area (Å²) in [4.78, 5) is 51.1. The molecule has 6 heteroatoms. The molecule has 0 radical (unpaired) electrons. The van der Waals surface area contributed by atoms with E-state index in [0.717, 1.165) is 35.1 Å². The van der Waals surface area contributed by atoms with Crippen molar-refractivity contribution in [3.8, 4) is 0 Å². The van der Waals surface area contributed by atoms with Crippen LogP contribution in [0.2, 0.25) is 0 Å². The number of nitrogens with zero attached hydrogens (tertiary/aromatic N) is 1. The first kappa shape index (κ1) is 21.4. The van der Waals surface area contributed by atoms with Gasteiger partial charge in [-0.3, -0.25) is 29.4 Å². The summed E-state index contributed by atoms with van der Waals surface area (Å²) in [5.74, 6) is 0.828. The Bertz CT molecular complexity index is 941. The molecule has 2 saturated carbocycles. The fraction of sp³-hybridized carbons (Fsp3) is 0.615. The number of hydrogen-bond acceptors (Lipinski definition) is 4.